The second-order valence-electron chi connectivity index (χ2n) is 5.97. The van der Waals surface area contributed by atoms with E-state index >= 15 is 0 Å². The first kappa shape index (κ1) is 18.2. The van der Waals surface area contributed by atoms with E-state index in [1.807, 2.05) is 32.3 Å². The SMILES string of the molecule is CCCC(C)(C)NS(=O)(=O)c1cc(CNCC)n(CC)c1. The molecule has 1 aromatic rings. The van der Waals surface area contributed by atoms with E-state index in [2.05, 4.69) is 17.0 Å². The van der Waals surface area contributed by atoms with Crippen molar-refractivity contribution in [2.24, 2.45) is 0 Å². The molecule has 0 saturated carbocycles. The largest absolute Gasteiger partial charge is 0.349 e. The van der Waals surface area contributed by atoms with Crippen LogP contribution >= 0.6 is 0 Å². The molecule has 122 valence electrons. The minimum absolute atomic E-state index is 0.349. The van der Waals surface area contributed by atoms with Crippen LogP contribution in [-0.4, -0.2) is 25.1 Å². The first-order valence-corrected chi connectivity index (χ1v) is 9.17. The van der Waals surface area contributed by atoms with Crippen molar-refractivity contribution in [3.63, 3.8) is 0 Å². The highest BCUT2D eigenvalue weighted by molar-refractivity contribution is 7.89. The molecule has 1 aromatic heterocycles. The predicted molar refractivity (Wildman–Crippen MR) is 86.8 cm³/mol. The van der Waals surface area contributed by atoms with Crippen molar-refractivity contribution in [2.75, 3.05) is 6.54 Å². The second-order valence-corrected chi connectivity index (χ2v) is 7.66. The minimum atomic E-state index is -3.48. The van der Waals surface area contributed by atoms with Crippen molar-refractivity contribution in [1.82, 2.24) is 14.6 Å². The number of aryl methyl sites for hydroxylation is 1. The Labute approximate surface area is 129 Å². The van der Waals surface area contributed by atoms with E-state index in [0.29, 0.717) is 11.4 Å². The van der Waals surface area contributed by atoms with E-state index in [0.717, 1.165) is 31.6 Å². The predicted octanol–water partition coefficient (Wildman–Crippen LogP) is 2.47. The summed E-state index contributed by atoms with van der Waals surface area (Å²) in [5.74, 6) is 0. The van der Waals surface area contributed by atoms with Gasteiger partial charge in [-0.1, -0.05) is 20.3 Å². The third-order valence-corrected chi connectivity index (χ3v) is 5.12. The third kappa shape index (κ3) is 5.13. The fourth-order valence-electron chi connectivity index (χ4n) is 2.47. The van der Waals surface area contributed by atoms with Gasteiger partial charge in [-0.2, -0.15) is 0 Å². The van der Waals surface area contributed by atoms with Gasteiger partial charge in [0.25, 0.3) is 0 Å². The Morgan fingerprint density at radius 2 is 1.90 bits per heavy atom. The summed E-state index contributed by atoms with van der Waals surface area (Å²) >= 11 is 0. The van der Waals surface area contributed by atoms with Crippen LogP contribution in [0.1, 0.15) is 53.2 Å². The van der Waals surface area contributed by atoms with Crippen LogP contribution in [0.5, 0.6) is 0 Å². The van der Waals surface area contributed by atoms with E-state index in [9.17, 15) is 8.42 Å². The lowest BCUT2D eigenvalue weighted by Crippen LogP contribution is -2.43. The maximum absolute atomic E-state index is 12.5. The van der Waals surface area contributed by atoms with Crippen LogP contribution < -0.4 is 10.0 Å². The highest BCUT2D eigenvalue weighted by Gasteiger charge is 2.26. The average molecular weight is 315 g/mol. The zero-order valence-corrected chi connectivity index (χ0v) is 14.7. The quantitative estimate of drug-likeness (QED) is 0.736. The molecule has 0 spiro atoms. The van der Waals surface area contributed by atoms with Crippen LogP contribution in [0.3, 0.4) is 0 Å². The van der Waals surface area contributed by atoms with E-state index in [1.54, 1.807) is 12.3 Å². The van der Waals surface area contributed by atoms with Crippen LogP contribution in [0, 0.1) is 0 Å². The lowest BCUT2D eigenvalue weighted by Gasteiger charge is -2.25. The van der Waals surface area contributed by atoms with E-state index in [1.165, 1.54) is 0 Å². The molecule has 6 heteroatoms. The smallest absolute Gasteiger partial charge is 0.242 e. The molecule has 0 aliphatic carbocycles. The van der Waals surface area contributed by atoms with Crippen LogP contribution in [0.2, 0.25) is 0 Å². The normalized spacial score (nSPS) is 12.8. The van der Waals surface area contributed by atoms with Crippen molar-refractivity contribution >= 4 is 10.0 Å². The zero-order chi connectivity index (χ0) is 16.1. The van der Waals surface area contributed by atoms with Crippen molar-refractivity contribution in [1.29, 1.82) is 0 Å². The Bertz CT molecular complexity index is 547. The average Bonchev–Trinajstić information content (AvgIpc) is 2.78. The summed E-state index contributed by atoms with van der Waals surface area (Å²) in [5.41, 5.74) is 0.567. The number of sulfonamides is 1. The van der Waals surface area contributed by atoms with Gasteiger partial charge in [0.15, 0.2) is 0 Å². The molecule has 1 rings (SSSR count). The van der Waals surface area contributed by atoms with Crippen molar-refractivity contribution < 1.29 is 8.42 Å². The van der Waals surface area contributed by atoms with Gasteiger partial charge in [-0.15, -0.1) is 0 Å². The molecular formula is C15H29N3O2S. The highest BCUT2D eigenvalue weighted by Crippen LogP contribution is 2.19. The third-order valence-electron chi connectivity index (χ3n) is 3.45. The molecule has 0 saturated heterocycles. The van der Waals surface area contributed by atoms with Gasteiger partial charge in [0.05, 0.1) is 4.90 Å². The zero-order valence-electron chi connectivity index (χ0n) is 13.9. The van der Waals surface area contributed by atoms with E-state index in [4.69, 9.17) is 0 Å². The van der Waals surface area contributed by atoms with Gasteiger partial charge in [0.1, 0.15) is 0 Å². The van der Waals surface area contributed by atoms with Crippen molar-refractivity contribution in [3.8, 4) is 0 Å². The summed E-state index contributed by atoms with van der Waals surface area (Å²) in [6, 6.07) is 1.76. The summed E-state index contributed by atoms with van der Waals surface area (Å²) in [4.78, 5) is 0.349. The Morgan fingerprint density at radius 1 is 1.24 bits per heavy atom. The van der Waals surface area contributed by atoms with Gasteiger partial charge in [-0.3, -0.25) is 0 Å². The Morgan fingerprint density at radius 3 is 2.43 bits per heavy atom. The number of hydrogen-bond acceptors (Lipinski definition) is 3. The van der Waals surface area contributed by atoms with Crippen LogP contribution in [0.25, 0.3) is 0 Å². The lowest BCUT2D eigenvalue weighted by atomic mass is 10.0. The number of aromatic nitrogens is 1. The van der Waals surface area contributed by atoms with Crippen LogP contribution in [-0.2, 0) is 23.1 Å². The Balaban J connectivity index is 3.00. The summed E-state index contributed by atoms with van der Waals surface area (Å²) in [5, 5.41) is 3.24. The van der Waals surface area contributed by atoms with E-state index in [-0.39, 0.29) is 0 Å². The maximum Gasteiger partial charge on any atom is 0.242 e. The monoisotopic (exact) mass is 315 g/mol. The minimum Gasteiger partial charge on any atom is -0.349 e. The van der Waals surface area contributed by atoms with Gasteiger partial charge in [0.2, 0.25) is 10.0 Å². The van der Waals surface area contributed by atoms with Gasteiger partial charge in [0, 0.05) is 30.5 Å². The molecule has 0 fully saturated rings. The summed E-state index contributed by atoms with van der Waals surface area (Å²) in [7, 11) is -3.48. The molecular weight excluding hydrogens is 286 g/mol. The lowest BCUT2D eigenvalue weighted by molar-refractivity contribution is 0.417. The van der Waals surface area contributed by atoms with E-state index < -0.39 is 15.6 Å². The summed E-state index contributed by atoms with van der Waals surface area (Å²) in [6.07, 6.45) is 3.47. The molecule has 1 heterocycles. The highest BCUT2D eigenvalue weighted by atomic mass is 32.2. The molecule has 0 bridgehead atoms. The van der Waals surface area contributed by atoms with Crippen LogP contribution in [0.4, 0.5) is 0 Å². The summed E-state index contributed by atoms with van der Waals surface area (Å²) in [6.45, 7) is 12.2. The molecule has 5 nitrogen and oxygen atoms in total. The molecule has 0 atom stereocenters. The number of hydrogen-bond donors (Lipinski definition) is 2. The fourth-order valence-corrected chi connectivity index (χ4v) is 3.97. The first-order valence-electron chi connectivity index (χ1n) is 7.69. The Kier molecular flexibility index (Phi) is 6.43. The van der Waals surface area contributed by atoms with Gasteiger partial charge in [-0.25, -0.2) is 13.1 Å². The number of nitrogens with zero attached hydrogens (tertiary/aromatic N) is 1. The molecule has 0 aliphatic heterocycles. The van der Waals surface area contributed by atoms with Gasteiger partial charge >= 0.3 is 0 Å². The topological polar surface area (TPSA) is 63.1 Å². The van der Waals surface area contributed by atoms with Crippen molar-refractivity contribution in [3.05, 3.63) is 18.0 Å². The number of nitrogens with one attached hydrogen (secondary N) is 2. The molecule has 21 heavy (non-hydrogen) atoms. The second kappa shape index (κ2) is 7.42. The van der Waals surface area contributed by atoms with Crippen molar-refractivity contribution in [2.45, 2.75) is 71.0 Å². The van der Waals surface area contributed by atoms with Gasteiger partial charge < -0.3 is 9.88 Å². The fraction of sp³-hybridized carbons (Fsp3) is 0.733. The molecule has 0 unspecified atom stereocenters. The standard InChI is InChI=1S/C15H29N3O2S/c1-6-9-15(4,5)17-21(19,20)14-10-13(11-16-7-2)18(8-3)12-14/h10,12,16-17H,6-9,11H2,1-5H3. The molecule has 0 amide bonds. The van der Waals surface area contributed by atoms with Gasteiger partial charge in [-0.05, 0) is 39.8 Å². The summed E-state index contributed by atoms with van der Waals surface area (Å²) < 4.78 is 29.9. The maximum atomic E-state index is 12.5. The van der Waals surface area contributed by atoms with Crippen LogP contribution in [0.15, 0.2) is 17.2 Å². The first-order chi connectivity index (χ1) is 9.75. The molecule has 2 N–H and O–H groups in total. The molecule has 0 aromatic carbocycles. The molecule has 0 aliphatic rings. The molecule has 0 radical (unpaired) electrons. The number of rotatable bonds is 9. The Hall–Kier alpha value is -0.850.